The van der Waals surface area contributed by atoms with Gasteiger partial charge in [-0.1, -0.05) is 17.7 Å². The predicted octanol–water partition coefficient (Wildman–Crippen LogP) is 3.95. The molecule has 2 heterocycles. The Bertz CT molecular complexity index is 558. The second-order valence-corrected chi connectivity index (χ2v) is 6.04. The molecule has 1 aromatic carbocycles. The molecule has 0 amide bonds. The molecule has 1 fully saturated rings. The maximum absolute atomic E-state index is 13.7. The van der Waals surface area contributed by atoms with Gasteiger partial charge in [-0.05, 0) is 31.5 Å². The number of halogens is 2. The number of hydrogen-bond acceptors (Lipinski definition) is 3. The van der Waals surface area contributed by atoms with Crippen LogP contribution >= 0.6 is 22.9 Å². The summed E-state index contributed by atoms with van der Waals surface area (Å²) in [6, 6.07) is 5.14. The van der Waals surface area contributed by atoms with Crippen molar-refractivity contribution >= 4 is 22.9 Å². The van der Waals surface area contributed by atoms with Crippen molar-refractivity contribution in [3.05, 3.63) is 50.7 Å². The van der Waals surface area contributed by atoms with Crippen LogP contribution in [0.15, 0.2) is 23.6 Å². The van der Waals surface area contributed by atoms with Crippen LogP contribution in [-0.2, 0) is 6.42 Å². The van der Waals surface area contributed by atoms with Gasteiger partial charge in [0.1, 0.15) is 5.82 Å². The van der Waals surface area contributed by atoms with Gasteiger partial charge in [-0.2, -0.15) is 0 Å². The average molecular weight is 297 g/mol. The Morgan fingerprint density at radius 2 is 2.37 bits per heavy atom. The minimum atomic E-state index is -0.261. The molecule has 5 heteroatoms. The number of thiazole rings is 1. The van der Waals surface area contributed by atoms with Crippen molar-refractivity contribution in [2.24, 2.45) is 0 Å². The number of nitrogens with zero attached hydrogens (tertiary/aromatic N) is 1. The van der Waals surface area contributed by atoms with E-state index in [-0.39, 0.29) is 5.82 Å². The maximum Gasteiger partial charge on any atom is 0.128 e. The molecule has 1 N–H and O–H groups in total. The van der Waals surface area contributed by atoms with Crippen molar-refractivity contribution in [1.29, 1.82) is 0 Å². The van der Waals surface area contributed by atoms with Crippen LogP contribution < -0.4 is 5.32 Å². The van der Waals surface area contributed by atoms with Crippen LogP contribution in [0.25, 0.3) is 0 Å². The van der Waals surface area contributed by atoms with Gasteiger partial charge in [-0.3, -0.25) is 0 Å². The van der Waals surface area contributed by atoms with E-state index in [2.05, 4.69) is 15.7 Å². The molecule has 1 aliphatic rings. The highest BCUT2D eigenvalue weighted by molar-refractivity contribution is 7.09. The molecule has 1 saturated heterocycles. The van der Waals surface area contributed by atoms with Gasteiger partial charge >= 0.3 is 0 Å². The van der Waals surface area contributed by atoms with Crippen LogP contribution in [0.2, 0.25) is 5.02 Å². The number of benzene rings is 1. The Balaban J connectivity index is 1.80. The summed E-state index contributed by atoms with van der Waals surface area (Å²) in [6.07, 6.45) is 2.78. The first kappa shape index (κ1) is 13.0. The first-order chi connectivity index (χ1) is 9.24. The normalized spacial score (nSPS) is 18.9. The highest BCUT2D eigenvalue weighted by atomic mass is 35.5. The average Bonchev–Trinajstić information content (AvgIpc) is 3.04. The largest absolute Gasteiger partial charge is 0.309 e. The fourth-order valence-electron chi connectivity index (χ4n) is 2.36. The minimum absolute atomic E-state index is 0.261. The van der Waals surface area contributed by atoms with Crippen LogP contribution in [0.3, 0.4) is 0 Å². The molecule has 0 bridgehead atoms. The summed E-state index contributed by atoms with van der Waals surface area (Å²) in [5.41, 5.74) is 1.61. The van der Waals surface area contributed by atoms with E-state index >= 15 is 0 Å². The standard InChI is InChI=1S/C14H14ClFN2S/c15-10-3-1-4-11(16)9(10)7-14-18-13(8-19-14)12-5-2-6-17-12/h1,3-4,8,12,17H,2,5-7H2. The summed E-state index contributed by atoms with van der Waals surface area (Å²) in [4.78, 5) is 4.60. The van der Waals surface area contributed by atoms with Crippen LogP contribution in [0.5, 0.6) is 0 Å². The van der Waals surface area contributed by atoms with Crippen LogP contribution in [-0.4, -0.2) is 11.5 Å². The van der Waals surface area contributed by atoms with E-state index in [0.717, 1.165) is 23.7 Å². The van der Waals surface area contributed by atoms with Crippen LogP contribution in [0, 0.1) is 5.82 Å². The van der Waals surface area contributed by atoms with Crippen molar-refractivity contribution in [3.8, 4) is 0 Å². The third-order valence-corrected chi connectivity index (χ3v) is 4.60. The summed E-state index contributed by atoms with van der Waals surface area (Å²) in [7, 11) is 0. The van der Waals surface area contributed by atoms with Crippen molar-refractivity contribution < 1.29 is 4.39 Å². The zero-order chi connectivity index (χ0) is 13.2. The third-order valence-electron chi connectivity index (χ3n) is 3.38. The Morgan fingerprint density at radius 1 is 1.47 bits per heavy atom. The SMILES string of the molecule is Fc1cccc(Cl)c1Cc1nc(C2CCCN2)cs1. The topological polar surface area (TPSA) is 24.9 Å². The molecule has 2 aromatic rings. The molecule has 1 atom stereocenters. The molecule has 1 aromatic heterocycles. The van der Waals surface area contributed by atoms with E-state index in [0.29, 0.717) is 23.0 Å². The van der Waals surface area contributed by atoms with E-state index in [1.165, 1.54) is 12.5 Å². The minimum Gasteiger partial charge on any atom is -0.309 e. The fourth-order valence-corrected chi connectivity index (χ4v) is 3.45. The lowest BCUT2D eigenvalue weighted by Crippen LogP contribution is -2.13. The summed E-state index contributed by atoms with van der Waals surface area (Å²) in [5.74, 6) is -0.261. The van der Waals surface area contributed by atoms with E-state index < -0.39 is 0 Å². The molecule has 100 valence electrons. The highest BCUT2D eigenvalue weighted by Crippen LogP contribution is 2.27. The zero-order valence-electron chi connectivity index (χ0n) is 10.3. The molecule has 0 saturated carbocycles. The first-order valence-electron chi connectivity index (χ1n) is 6.34. The second-order valence-electron chi connectivity index (χ2n) is 4.69. The van der Waals surface area contributed by atoms with E-state index in [9.17, 15) is 4.39 Å². The first-order valence-corrected chi connectivity index (χ1v) is 7.60. The molecule has 1 aliphatic heterocycles. The van der Waals surface area contributed by atoms with Gasteiger partial charge in [-0.25, -0.2) is 9.37 Å². The highest BCUT2D eigenvalue weighted by Gasteiger charge is 2.19. The summed E-state index contributed by atoms with van der Waals surface area (Å²) in [5, 5.41) is 6.86. The van der Waals surface area contributed by atoms with Gasteiger partial charge < -0.3 is 5.32 Å². The molecule has 0 radical (unpaired) electrons. The Morgan fingerprint density at radius 3 is 3.11 bits per heavy atom. The Kier molecular flexibility index (Phi) is 3.82. The van der Waals surface area contributed by atoms with Gasteiger partial charge in [-0.15, -0.1) is 11.3 Å². The molecule has 0 aliphatic carbocycles. The van der Waals surface area contributed by atoms with Gasteiger partial charge in [0.25, 0.3) is 0 Å². The second kappa shape index (κ2) is 5.57. The number of hydrogen-bond donors (Lipinski definition) is 1. The van der Waals surface area contributed by atoms with Crippen LogP contribution in [0.1, 0.15) is 35.1 Å². The van der Waals surface area contributed by atoms with E-state index in [1.54, 1.807) is 23.5 Å². The van der Waals surface area contributed by atoms with Gasteiger partial charge in [0.05, 0.1) is 16.7 Å². The molecule has 3 rings (SSSR count). The van der Waals surface area contributed by atoms with Crippen molar-refractivity contribution in [2.45, 2.75) is 25.3 Å². The zero-order valence-corrected chi connectivity index (χ0v) is 11.9. The summed E-state index contributed by atoms with van der Waals surface area (Å²) in [6.45, 7) is 1.05. The quantitative estimate of drug-likeness (QED) is 0.927. The maximum atomic E-state index is 13.7. The number of rotatable bonds is 3. The molecule has 19 heavy (non-hydrogen) atoms. The van der Waals surface area contributed by atoms with Gasteiger partial charge in [0, 0.05) is 22.4 Å². The summed E-state index contributed by atoms with van der Waals surface area (Å²) < 4.78 is 13.7. The monoisotopic (exact) mass is 296 g/mol. The molecular weight excluding hydrogens is 283 g/mol. The third kappa shape index (κ3) is 2.81. The van der Waals surface area contributed by atoms with Crippen molar-refractivity contribution in [3.63, 3.8) is 0 Å². The smallest absolute Gasteiger partial charge is 0.128 e. The lowest BCUT2D eigenvalue weighted by Gasteiger charge is -2.05. The predicted molar refractivity (Wildman–Crippen MR) is 76.3 cm³/mol. The fraction of sp³-hybridized carbons (Fsp3) is 0.357. The molecule has 0 spiro atoms. The van der Waals surface area contributed by atoms with Gasteiger partial charge in [0.2, 0.25) is 0 Å². The molecule has 1 unspecified atom stereocenters. The van der Waals surface area contributed by atoms with Crippen LogP contribution in [0.4, 0.5) is 4.39 Å². The van der Waals surface area contributed by atoms with Crippen molar-refractivity contribution in [2.75, 3.05) is 6.54 Å². The lowest BCUT2D eigenvalue weighted by atomic mass is 10.1. The van der Waals surface area contributed by atoms with Crippen molar-refractivity contribution in [1.82, 2.24) is 10.3 Å². The van der Waals surface area contributed by atoms with E-state index in [4.69, 9.17) is 11.6 Å². The lowest BCUT2D eigenvalue weighted by molar-refractivity contribution is 0.612. The van der Waals surface area contributed by atoms with Gasteiger partial charge in [0.15, 0.2) is 0 Å². The number of nitrogens with one attached hydrogen (secondary N) is 1. The molecular formula is C14H14ClFN2S. The summed E-state index contributed by atoms with van der Waals surface area (Å²) >= 11 is 7.61. The van der Waals surface area contributed by atoms with E-state index in [1.807, 2.05) is 0 Å². The Labute approximate surface area is 120 Å². The Hall–Kier alpha value is -0.970. The molecule has 2 nitrogen and oxygen atoms in total. The number of aromatic nitrogens is 1.